The minimum Gasteiger partial charge on any atom is -0.462 e. The summed E-state index contributed by atoms with van der Waals surface area (Å²) in [6.45, 7) is 14.7. The summed E-state index contributed by atoms with van der Waals surface area (Å²) in [6, 6.07) is 11.8. The first-order chi connectivity index (χ1) is 22.2. The highest BCUT2D eigenvalue weighted by Crippen LogP contribution is 2.38. The summed E-state index contributed by atoms with van der Waals surface area (Å²) in [6.07, 6.45) is 2.22. The number of ether oxygens (including phenoxy) is 1. The van der Waals surface area contributed by atoms with Crippen LogP contribution in [0.15, 0.2) is 49.1 Å². The van der Waals surface area contributed by atoms with Crippen LogP contribution < -0.4 is 14.5 Å². The van der Waals surface area contributed by atoms with Crippen molar-refractivity contribution in [2.45, 2.75) is 50.2 Å². The molecule has 3 aromatic rings. The van der Waals surface area contributed by atoms with E-state index in [4.69, 9.17) is 32.9 Å². The van der Waals surface area contributed by atoms with Gasteiger partial charge in [-0.2, -0.15) is 9.97 Å². The maximum absolute atomic E-state index is 13.8. The fourth-order valence-corrected chi connectivity index (χ4v) is 7.22. The number of alkyl halides is 2. The van der Waals surface area contributed by atoms with Crippen LogP contribution in [-0.4, -0.2) is 96.6 Å². The van der Waals surface area contributed by atoms with Crippen molar-refractivity contribution in [1.82, 2.24) is 19.8 Å². The normalized spacial score (nSPS) is 20.9. The molecule has 0 spiro atoms. The molecule has 3 aliphatic rings. The number of amides is 1. The van der Waals surface area contributed by atoms with E-state index >= 15 is 0 Å². The zero-order valence-electron chi connectivity index (χ0n) is 26.0. The van der Waals surface area contributed by atoms with Crippen molar-refractivity contribution in [3.63, 3.8) is 0 Å². The van der Waals surface area contributed by atoms with Crippen LogP contribution in [0, 0.1) is 6.57 Å². The first kappa shape index (κ1) is 32.0. The zero-order valence-corrected chi connectivity index (χ0v) is 26.7. The first-order valence-electron chi connectivity index (χ1n) is 15.7. The topological polar surface area (TPSA) is 69.4 Å². The number of hydrogen-bond acceptors (Lipinski definition) is 7. The molecule has 3 heterocycles. The third-order valence-corrected chi connectivity index (χ3v) is 9.73. The second kappa shape index (κ2) is 13.4. The standard InChI is InChI=1S/C34H38ClF2N7O2/c1-4-30(45)44-16-15-43(21-25(44)20-38-2)32-26-12-14-42(29-10-6-8-23-7-5-9-27(35)31(23)29)22-28(26)39-33(40-32)46-18-17-41(3)24-11-13-34(36,37)19-24/h4-10,24-25H,1,11-22H2,3H3/t24?,25-/m0/s1. The maximum Gasteiger partial charge on any atom is 0.318 e. The SMILES string of the molecule is [C-]#[N+]C[C@H]1CN(c2nc(OCCN(C)C3CCC(F)(F)C3)nc3c2CCN(c2cccc4cccc(Cl)c24)C3)CCN1C(=O)C=C. The molecule has 242 valence electrons. The fraction of sp³-hybridized carbons (Fsp3) is 0.471. The van der Waals surface area contributed by atoms with Gasteiger partial charge >= 0.3 is 6.01 Å². The molecule has 1 saturated heterocycles. The number of carbonyl (C=O) groups excluding carboxylic acids is 1. The number of carbonyl (C=O) groups is 1. The Balaban J connectivity index is 1.28. The molecule has 2 atom stereocenters. The number of piperazine rings is 1. The van der Waals surface area contributed by atoms with E-state index in [-0.39, 0.29) is 50.0 Å². The van der Waals surface area contributed by atoms with E-state index in [0.29, 0.717) is 50.6 Å². The van der Waals surface area contributed by atoms with E-state index in [1.807, 2.05) is 30.1 Å². The van der Waals surface area contributed by atoms with E-state index < -0.39 is 5.92 Å². The number of anilines is 2. The number of nitrogens with zero attached hydrogens (tertiary/aromatic N) is 7. The molecule has 0 radical (unpaired) electrons. The summed E-state index contributed by atoms with van der Waals surface area (Å²) in [5, 5.41) is 2.74. The minimum absolute atomic E-state index is 0.0846. The summed E-state index contributed by atoms with van der Waals surface area (Å²) in [5.74, 6) is -2.04. The van der Waals surface area contributed by atoms with Gasteiger partial charge in [-0.1, -0.05) is 42.4 Å². The van der Waals surface area contributed by atoms with E-state index in [1.54, 1.807) is 4.90 Å². The summed E-state index contributed by atoms with van der Waals surface area (Å²) in [4.78, 5) is 34.0. The van der Waals surface area contributed by atoms with Gasteiger partial charge in [-0.3, -0.25) is 9.69 Å². The molecule has 1 unspecified atom stereocenters. The van der Waals surface area contributed by atoms with Crippen LogP contribution in [0.1, 0.15) is 30.5 Å². The number of aromatic nitrogens is 2. The summed E-state index contributed by atoms with van der Waals surface area (Å²) in [5.41, 5.74) is 2.88. The molecule has 12 heteroatoms. The number of halogens is 3. The molecule has 6 rings (SSSR count). The molecule has 0 bridgehead atoms. The Kier molecular flexibility index (Phi) is 9.29. The average Bonchev–Trinajstić information content (AvgIpc) is 3.43. The third kappa shape index (κ3) is 6.60. The number of rotatable bonds is 9. The fourth-order valence-electron chi connectivity index (χ4n) is 6.94. The predicted octanol–water partition coefficient (Wildman–Crippen LogP) is 5.47. The lowest BCUT2D eigenvalue weighted by atomic mass is 10.0. The van der Waals surface area contributed by atoms with Gasteiger partial charge in [-0.15, -0.1) is 0 Å². The summed E-state index contributed by atoms with van der Waals surface area (Å²) in [7, 11) is 1.85. The van der Waals surface area contributed by atoms with Crippen LogP contribution in [0.4, 0.5) is 20.3 Å². The highest BCUT2D eigenvalue weighted by molar-refractivity contribution is 6.36. The number of hydrogen-bond donors (Lipinski definition) is 0. The Morgan fingerprint density at radius 3 is 2.76 bits per heavy atom. The molecule has 2 fully saturated rings. The molecule has 2 aliphatic heterocycles. The monoisotopic (exact) mass is 649 g/mol. The van der Waals surface area contributed by atoms with Gasteiger partial charge in [0.15, 0.2) is 0 Å². The molecule has 1 amide bonds. The third-order valence-electron chi connectivity index (χ3n) is 9.41. The highest BCUT2D eigenvalue weighted by atomic mass is 35.5. The van der Waals surface area contributed by atoms with Crippen LogP contribution in [0.25, 0.3) is 15.6 Å². The van der Waals surface area contributed by atoms with Crippen molar-refractivity contribution in [2.75, 3.05) is 62.7 Å². The Labute approximate surface area is 273 Å². The zero-order chi connectivity index (χ0) is 32.4. The molecular weight excluding hydrogens is 612 g/mol. The van der Waals surface area contributed by atoms with Gasteiger partial charge in [0.05, 0.1) is 17.3 Å². The van der Waals surface area contributed by atoms with Crippen molar-refractivity contribution >= 4 is 39.8 Å². The number of likely N-dealkylation sites (N-methyl/N-ethyl adjacent to an activating group) is 1. The largest absolute Gasteiger partial charge is 0.462 e. The van der Waals surface area contributed by atoms with Gasteiger partial charge in [0.2, 0.25) is 18.4 Å². The van der Waals surface area contributed by atoms with Crippen LogP contribution in [-0.2, 0) is 17.8 Å². The minimum atomic E-state index is -2.61. The lowest BCUT2D eigenvalue weighted by Gasteiger charge is -2.41. The number of benzene rings is 2. The van der Waals surface area contributed by atoms with E-state index in [1.165, 1.54) is 6.08 Å². The lowest BCUT2D eigenvalue weighted by Crippen LogP contribution is -2.56. The van der Waals surface area contributed by atoms with Crippen molar-refractivity contribution in [1.29, 1.82) is 0 Å². The van der Waals surface area contributed by atoms with Crippen LogP contribution in [0.2, 0.25) is 5.02 Å². The van der Waals surface area contributed by atoms with Gasteiger partial charge in [-0.05, 0) is 43.5 Å². The van der Waals surface area contributed by atoms with E-state index in [2.05, 4.69) is 39.4 Å². The van der Waals surface area contributed by atoms with Gasteiger partial charge < -0.3 is 24.3 Å². The van der Waals surface area contributed by atoms with Crippen LogP contribution >= 0.6 is 11.6 Å². The van der Waals surface area contributed by atoms with Gasteiger partial charge in [-0.25, -0.2) is 15.4 Å². The van der Waals surface area contributed by atoms with Gasteiger partial charge in [0.25, 0.3) is 0 Å². The average molecular weight is 650 g/mol. The molecule has 46 heavy (non-hydrogen) atoms. The second-order valence-electron chi connectivity index (χ2n) is 12.3. The first-order valence-corrected chi connectivity index (χ1v) is 16.1. The molecule has 0 N–H and O–H groups in total. The Hall–Kier alpha value is -4.01. The highest BCUT2D eigenvalue weighted by Gasteiger charge is 2.41. The van der Waals surface area contributed by atoms with Crippen LogP contribution in [0.3, 0.4) is 0 Å². The Morgan fingerprint density at radius 1 is 1.22 bits per heavy atom. The molecule has 9 nitrogen and oxygen atoms in total. The van der Waals surface area contributed by atoms with Crippen molar-refractivity contribution in [2.24, 2.45) is 0 Å². The molecule has 1 aliphatic carbocycles. The lowest BCUT2D eigenvalue weighted by molar-refractivity contribution is -0.128. The molecule has 1 saturated carbocycles. The number of fused-ring (bicyclic) bond motifs is 2. The van der Waals surface area contributed by atoms with E-state index in [0.717, 1.165) is 40.1 Å². The quantitative estimate of drug-likeness (QED) is 0.225. The second-order valence-corrected chi connectivity index (χ2v) is 12.7. The van der Waals surface area contributed by atoms with Crippen molar-refractivity contribution in [3.05, 3.63) is 76.8 Å². The van der Waals surface area contributed by atoms with Crippen LogP contribution in [0.5, 0.6) is 6.01 Å². The Bertz CT molecular complexity index is 1660. The molecule has 2 aromatic carbocycles. The van der Waals surface area contributed by atoms with Crippen molar-refractivity contribution in [3.8, 4) is 6.01 Å². The predicted molar refractivity (Wildman–Crippen MR) is 176 cm³/mol. The maximum atomic E-state index is 13.8. The van der Waals surface area contributed by atoms with Gasteiger partial charge in [0, 0.05) is 68.2 Å². The summed E-state index contributed by atoms with van der Waals surface area (Å²) >= 11 is 6.68. The van der Waals surface area contributed by atoms with Gasteiger partial charge in [0.1, 0.15) is 18.5 Å². The van der Waals surface area contributed by atoms with Crippen molar-refractivity contribution < 1.29 is 18.3 Å². The smallest absolute Gasteiger partial charge is 0.318 e. The molecular formula is C34H38ClF2N7O2. The summed E-state index contributed by atoms with van der Waals surface area (Å²) < 4.78 is 33.8. The Morgan fingerprint density at radius 2 is 2.02 bits per heavy atom. The molecule has 1 aromatic heterocycles. The van der Waals surface area contributed by atoms with E-state index in [9.17, 15) is 13.6 Å².